The van der Waals surface area contributed by atoms with Gasteiger partial charge in [-0.1, -0.05) is 30.3 Å². The largest absolute Gasteiger partial charge is 0.497 e. The molecule has 1 aliphatic heterocycles. The number of ether oxygens (including phenoxy) is 2. The highest BCUT2D eigenvalue weighted by atomic mass is 16.6. The predicted molar refractivity (Wildman–Crippen MR) is 106 cm³/mol. The first-order valence-electron chi connectivity index (χ1n) is 9.28. The number of piperazine rings is 1. The molecule has 144 valence electrons. The number of hydrogen-bond acceptors (Lipinski definition) is 5. The van der Waals surface area contributed by atoms with Gasteiger partial charge in [-0.2, -0.15) is 0 Å². The average molecular weight is 369 g/mol. The van der Waals surface area contributed by atoms with Crippen molar-refractivity contribution in [3.05, 3.63) is 60.2 Å². The number of carbonyl (C=O) groups excluding carboxylic acids is 1. The molecule has 3 rings (SSSR count). The number of rotatable bonds is 7. The number of amides is 1. The summed E-state index contributed by atoms with van der Waals surface area (Å²) in [6, 6.07) is 18.0. The maximum absolute atomic E-state index is 11.3. The topological polar surface area (TPSA) is 68.0 Å². The minimum atomic E-state index is -0.729. The fourth-order valence-electron chi connectivity index (χ4n) is 3.42. The van der Waals surface area contributed by atoms with Crippen molar-refractivity contribution < 1.29 is 14.3 Å². The number of benzene rings is 2. The molecule has 0 unspecified atom stereocenters. The van der Waals surface area contributed by atoms with Gasteiger partial charge in [0.25, 0.3) is 0 Å². The molecule has 1 amide bonds. The second kappa shape index (κ2) is 9.28. The van der Waals surface area contributed by atoms with E-state index in [0.717, 1.165) is 50.5 Å². The van der Waals surface area contributed by atoms with Crippen LogP contribution in [0.4, 0.5) is 10.5 Å². The first-order valence-corrected chi connectivity index (χ1v) is 9.28. The monoisotopic (exact) mass is 369 g/mol. The molecule has 2 N–H and O–H groups in total. The second-order valence-corrected chi connectivity index (χ2v) is 6.65. The number of primary amides is 1. The molecule has 6 heteroatoms. The van der Waals surface area contributed by atoms with E-state index in [1.165, 1.54) is 5.69 Å². The van der Waals surface area contributed by atoms with E-state index >= 15 is 0 Å². The Morgan fingerprint density at radius 3 is 2.30 bits per heavy atom. The lowest BCUT2D eigenvalue weighted by Crippen LogP contribution is -2.46. The van der Waals surface area contributed by atoms with Gasteiger partial charge in [0.15, 0.2) is 0 Å². The van der Waals surface area contributed by atoms with E-state index in [1.807, 2.05) is 42.5 Å². The molecule has 0 spiro atoms. The van der Waals surface area contributed by atoms with E-state index in [0.29, 0.717) is 0 Å². The third kappa shape index (κ3) is 5.37. The summed E-state index contributed by atoms with van der Waals surface area (Å²) >= 11 is 0. The summed E-state index contributed by atoms with van der Waals surface area (Å²) in [4.78, 5) is 16.0. The SMILES string of the molecule is COc1ccc(N2CCN(CC[C@H](OC(N)=O)c3ccccc3)CC2)cc1. The molecule has 27 heavy (non-hydrogen) atoms. The minimum Gasteiger partial charge on any atom is -0.497 e. The lowest BCUT2D eigenvalue weighted by Gasteiger charge is -2.36. The van der Waals surface area contributed by atoms with Crippen molar-refractivity contribution in [1.82, 2.24) is 4.90 Å². The second-order valence-electron chi connectivity index (χ2n) is 6.65. The fraction of sp³-hybridized carbons (Fsp3) is 0.381. The summed E-state index contributed by atoms with van der Waals surface area (Å²) in [5, 5.41) is 0. The lowest BCUT2D eigenvalue weighted by molar-refractivity contribution is 0.0910. The Morgan fingerprint density at radius 1 is 1.04 bits per heavy atom. The normalized spacial score (nSPS) is 16.0. The van der Waals surface area contributed by atoms with Crippen LogP contribution in [0.25, 0.3) is 0 Å². The van der Waals surface area contributed by atoms with Gasteiger partial charge in [-0.05, 0) is 29.8 Å². The highest BCUT2D eigenvalue weighted by Crippen LogP contribution is 2.23. The molecule has 1 heterocycles. The van der Waals surface area contributed by atoms with Crippen molar-refractivity contribution >= 4 is 11.8 Å². The maximum Gasteiger partial charge on any atom is 0.405 e. The molecule has 6 nitrogen and oxygen atoms in total. The molecule has 0 aliphatic carbocycles. The van der Waals surface area contributed by atoms with Crippen LogP contribution >= 0.6 is 0 Å². The molecule has 1 fully saturated rings. The van der Waals surface area contributed by atoms with E-state index in [-0.39, 0.29) is 6.10 Å². The standard InChI is InChI=1S/C21H27N3O3/c1-26-19-9-7-18(8-10-19)24-15-13-23(14-16-24)12-11-20(27-21(22)25)17-5-3-2-4-6-17/h2-10,20H,11-16H2,1H3,(H2,22,25)/t20-/m0/s1. The van der Waals surface area contributed by atoms with Gasteiger partial charge in [-0.25, -0.2) is 4.79 Å². The van der Waals surface area contributed by atoms with Crippen molar-refractivity contribution in [3.8, 4) is 5.75 Å². The van der Waals surface area contributed by atoms with Crippen LogP contribution in [0.5, 0.6) is 5.75 Å². The number of methoxy groups -OCH3 is 1. The Balaban J connectivity index is 1.51. The van der Waals surface area contributed by atoms with Crippen LogP contribution in [0, 0.1) is 0 Å². The molecule has 2 aromatic carbocycles. The average Bonchev–Trinajstić information content (AvgIpc) is 2.72. The van der Waals surface area contributed by atoms with E-state index in [4.69, 9.17) is 15.2 Å². The molecule has 0 bridgehead atoms. The third-order valence-electron chi connectivity index (χ3n) is 4.95. The fourth-order valence-corrected chi connectivity index (χ4v) is 3.42. The number of carbonyl (C=O) groups is 1. The predicted octanol–water partition coefficient (Wildman–Crippen LogP) is 3.04. The van der Waals surface area contributed by atoms with Gasteiger partial charge in [0.2, 0.25) is 0 Å². The summed E-state index contributed by atoms with van der Waals surface area (Å²) in [6.07, 6.45) is -0.299. The smallest absolute Gasteiger partial charge is 0.405 e. The zero-order valence-corrected chi connectivity index (χ0v) is 15.7. The first-order chi connectivity index (χ1) is 13.2. The number of anilines is 1. The van der Waals surface area contributed by atoms with Crippen LogP contribution in [-0.2, 0) is 4.74 Å². The molecule has 0 saturated carbocycles. The summed E-state index contributed by atoms with van der Waals surface area (Å²) in [5.74, 6) is 0.874. The Labute approximate surface area is 160 Å². The quantitative estimate of drug-likeness (QED) is 0.812. The Hall–Kier alpha value is -2.73. The molecule has 0 aromatic heterocycles. The summed E-state index contributed by atoms with van der Waals surface area (Å²) < 4.78 is 10.5. The van der Waals surface area contributed by atoms with Gasteiger partial charge < -0.3 is 20.1 Å². The number of hydrogen-bond donors (Lipinski definition) is 1. The van der Waals surface area contributed by atoms with Gasteiger partial charge in [0.1, 0.15) is 11.9 Å². The van der Waals surface area contributed by atoms with Crippen molar-refractivity contribution in [2.24, 2.45) is 5.73 Å². The Bertz CT molecular complexity index is 713. The molecular formula is C21H27N3O3. The molecular weight excluding hydrogens is 342 g/mol. The summed E-state index contributed by atoms with van der Waals surface area (Å²) in [5.41, 5.74) is 7.45. The molecule has 0 radical (unpaired) electrons. The zero-order valence-electron chi connectivity index (χ0n) is 15.7. The van der Waals surface area contributed by atoms with Gasteiger partial charge in [-0.15, -0.1) is 0 Å². The van der Waals surface area contributed by atoms with Crippen molar-refractivity contribution in [3.63, 3.8) is 0 Å². The van der Waals surface area contributed by atoms with E-state index < -0.39 is 6.09 Å². The Morgan fingerprint density at radius 2 is 1.70 bits per heavy atom. The molecule has 2 aromatic rings. The number of nitrogens with zero attached hydrogens (tertiary/aromatic N) is 2. The van der Waals surface area contributed by atoms with E-state index in [1.54, 1.807) is 7.11 Å². The van der Waals surface area contributed by atoms with Crippen molar-refractivity contribution in [1.29, 1.82) is 0 Å². The lowest BCUT2D eigenvalue weighted by atomic mass is 10.1. The van der Waals surface area contributed by atoms with Crippen LogP contribution in [-0.4, -0.2) is 50.8 Å². The highest BCUT2D eigenvalue weighted by molar-refractivity contribution is 5.65. The van der Waals surface area contributed by atoms with Gasteiger partial charge in [-0.3, -0.25) is 4.90 Å². The van der Waals surface area contributed by atoms with Crippen LogP contribution in [0.2, 0.25) is 0 Å². The van der Waals surface area contributed by atoms with Gasteiger partial charge in [0, 0.05) is 44.8 Å². The minimum absolute atomic E-state index is 0.302. The first kappa shape index (κ1) is 19.0. The molecule has 1 atom stereocenters. The van der Waals surface area contributed by atoms with Gasteiger partial charge in [0.05, 0.1) is 7.11 Å². The van der Waals surface area contributed by atoms with Crippen molar-refractivity contribution in [2.45, 2.75) is 12.5 Å². The Kier molecular flexibility index (Phi) is 6.54. The van der Waals surface area contributed by atoms with Crippen LogP contribution in [0.3, 0.4) is 0 Å². The van der Waals surface area contributed by atoms with Gasteiger partial charge >= 0.3 is 6.09 Å². The molecule has 1 aliphatic rings. The maximum atomic E-state index is 11.3. The molecule has 1 saturated heterocycles. The summed E-state index contributed by atoms with van der Waals surface area (Å²) in [7, 11) is 1.68. The van der Waals surface area contributed by atoms with Crippen molar-refractivity contribution in [2.75, 3.05) is 44.7 Å². The van der Waals surface area contributed by atoms with E-state index in [2.05, 4.69) is 21.9 Å². The zero-order chi connectivity index (χ0) is 19.1. The van der Waals surface area contributed by atoms with E-state index in [9.17, 15) is 4.79 Å². The summed E-state index contributed by atoms with van der Waals surface area (Å²) in [6.45, 7) is 4.76. The van der Waals surface area contributed by atoms with Crippen LogP contribution in [0.1, 0.15) is 18.1 Å². The third-order valence-corrected chi connectivity index (χ3v) is 4.95. The number of nitrogens with two attached hydrogens (primary N) is 1. The van der Waals surface area contributed by atoms with Crippen LogP contribution < -0.4 is 15.4 Å². The highest BCUT2D eigenvalue weighted by Gasteiger charge is 2.20. The van der Waals surface area contributed by atoms with Crippen LogP contribution in [0.15, 0.2) is 54.6 Å².